The number of hydrogen-bond donors (Lipinski definition) is 3. The zero-order chi connectivity index (χ0) is 26.9. The number of fused-ring (bicyclic) bond motifs is 2. The maximum absolute atomic E-state index is 13.6. The summed E-state index contributed by atoms with van der Waals surface area (Å²) in [5, 5.41) is 14.6. The number of nitrogens with one attached hydrogen (secondary N) is 2. The molecule has 38 heavy (non-hydrogen) atoms. The van der Waals surface area contributed by atoms with Gasteiger partial charge in [-0.1, -0.05) is 48.5 Å². The number of thiocarbonyl (C=S) groups is 1. The zero-order valence-corrected chi connectivity index (χ0v) is 21.8. The van der Waals surface area contributed by atoms with Crippen LogP contribution in [0.4, 0.5) is 11.4 Å². The number of amides is 1. The number of methoxy groups -OCH3 is 1. The number of carbonyl (C=O) groups excluding carboxylic acids is 1. The lowest BCUT2D eigenvalue weighted by Crippen LogP contribution is -2.32. The van der Waals surface area contributed by atoms with Crippen LogP contribution in [0.1, 0.15) is 11.1 Å². The molecule has 4 aromatic carbocycles. The Hall–Kier alpha value is -4.32. The minimum Gasteiger partial charge on any atom is -0.497 e. The van der Waals surface area contributed by atoms with Crippen LogP contribution in [0.3, 0.4) is 0 Å². The monoisotopic (exact) mass is 545 g/mol. The molecule has 0 unspecified atom stereocenters. The molecule has 1 amide bonds. The fraction of sp³-hybridized carbons (Fsp3) is 0.0741. The fourth-order valence-corrected chi connectivity index (χ4v) is 5.02. The van der Waals surface area contributed by atoms with Crippen LogP contribution in [0.5, 0.6) is 5.75 Å². The van der Waals surface area contributed by atoms with Crippen LogP contribution in [-0.2, 0) is 21.4 Å². The standard InChI is InChI=1S/C27H23N5O4S2/c1-36-20-12-13-24-23(15-20)25(30-31-27(37)29-19-9-5-10-21(14-19)38(28,34)35)26(33)32(24)16-18-8-4-7-17-6-2-3-11-22(17)18/h2-15H,16H2,1H3,(H2,28,34,35)(H2,29,31,37). The molecule has 192 valence electrons. The molecule has 0 fully saturated rings. The number of nitrogens with zero attached hydrogens (tertiary/aromatic N) is 2. The molecule has 5 rings (SSSR count). The average Bonchev–Trinajstić information content (AvgIpc) is 3.16. The second-order valence-corrected chi connectivity index (χ2v) is 10.5. The quantitative estimate of drug-likeness (QED) is 0.249. The Balaban J connectivity index is 1.43. The number of hydrazone groups is 1. The molecule has 0 saturated heterocycles. The SMILES string of the molecule is COc1ccc2c(c1)C(=NNC(=S)Nc1cccc(S(N)(=O)=O)c1)C(=O)N2Cc1cccc2ccccc12. The van der Waals surface area contributed by atoms with E-state index >= 15 is 0 Å². The number of benzene rings is 4. The van der Waals surface area contributed by atoms with E-state index in [9.17, 15) is 13.2 Å². The molecule has 4 aromatic rings. The van der Waals surface area contributed by atoms with Gasteiger partial charge < -0.3 is 15.0 Å². The number of carbonyl (C=O) groups is 1. The lowest BCUT2D eigenvalue weighted by Gasteiger charge is -2.18. The van der Waals surface area contributed by atoms with E-state index in [1.54, 1.807) is 30.2 Å². The summed E-state index contributed by atoms with van der Waals surface area (Å²) in [6.45, 7) is 0.349. The van der Waals surface area contributed by atoms with Gasteiger partial charge >= 0.3 is 0 Å². The first-order valence-electron chi connectivity index (χ1n) is 11.5. The van der Waals surface area contributed by atoms with Crippen molar-refractivity contribution >= 4 is 61.1 Å². The van der Waals surface area contributed by atoms with E-state index in [1.165, 1.54) is 18.2 Å². The van der Waals surface area contributed by atoms with Gasteiger partial charge in [-0.2, -0.15) is 5.10 Å². The summed E-state index contributed by atoms with van der Waals surface area (Å²) in [6.07, 6.45) is 0. The molecule has 4 N–H and O–H groups in total. The minimum absolute atomic E-state index is 0.0623. The molecule has 0 spiro atoms. The van der Waals surface area contributed by atoms with E-state index in [-0.39, 0.29) is 21.6 Å². The smallest absolute Gasteiger partial charge is 0.279 e. The van der Waals surface area contributed by atoms with E-state index in [2.05, 4.69) is 15.8 Å². The van der Waals surface area contributed by atoms with Crippen LogP contribution in [0.2, 0.25) is 0 Å². The van der Waals surface area contributed by atoms with Gasteiger partial charge in [-0.15, -0.1) is 0 Å². The summed E-state index contributed by atoms with van der Waals surface area (Å²) in [4.78, 5) is 15.2. The fourth-order valence-electron chi connectivity index (χ4n) is 4.30. The predicted octanol–water partition coefficient (Wildman–Crippen LogP) is 3.73. The number of hydrogen-bond acceptors (Lipinski definition) is 6. The third-order valence-corrected chi connectivity index (χ3v) is 7.20. The maximum atomic E-state index is 13.6. The van der Waals surface area contributed by atoms with Gasteiger partial charge in [0.05, 0.1) is 24.2 Å². The molecule has 1 aliphatic heterocycles. The Morgan fingerprint density at radius 2 is 1.79 bits per heavy atom. The van der Waals surface area contributed by atoms with Crippen molar-refractivity contribution in [1.82, 2.24) is 5.43 Å². The first-order chi connectivity index (χ1) is 18.2. The highest BCUT2D eigenvalue weighted by molar-refractivity contribution is 7.89. The normalized spacial score (nSPS) is 14.0. The van der Waals surface area contributed by atoms with Gasteiger partial charge in [0.1, 0.15) is 5.75 Å². The second kappa shape index (κ2) is 10.2. The molecular formula is C27H23N5O4S2. The van der Waals surface area contributed by atoms with Gasteiger partial charge in [-0.05, 0) is 65.0 Å². The third kappa shape index (κ3) is 5.07. The number of nitrogens with two attached hydrogens (primary N) is 1. The predicted molar refractivity (Wildman–Crippen MR) is 152 cm³/mol. The van der Waals surface area contributed by atoms with Crippen LogP contribution >= 0.6 is 12.2 Å². The number of sulfonamides is 1. The molecule has 0 radical (unpaired) electrons. The van der Waals surface area contributed by atoms with E-state index in [4.69, 9.17) is 22.1 Å². The van der Waals surface area contributed by atoms with Crippen LogP contribution in [0, 0.1) is 0 Å². The Morgan fingerprint density at radius 1 is 1.03 bits per heavy atom. The topological polar surface area (TPSA) is 126 Å². The number of anilines is 2. The summed E-state index contributed by atoms with van der Waals surface area (Å²) >= 11 is 5.32. The van der Waals surface area contributed by atoms with Gasteiger partial charge in [-0.3, -0.25) is 10.2 Å². The molecular weight excluding hydrogens is 522 g/mol. The van der Waals surface area contributed by atoms with Gasteiger partial charge in [0, 0.05) is 11.3 Å². The van der Waals surface area contributed by atoms with Crippen molar-refractivity contribution in [3.8, 4) is 5.75 Å². The zero-order valence-electron chi connectivity index (χ0n) is 20.2. The van der Waals surface area contributed by atoms with Gasteiger partial charge in [-0.25, -0.2) is 13.6 Å². The molecule has 9 nitrogen and oxygen atoms in total. The minimum atomic E-state index is -3.87. The third-order valence-electron chi connectivity index (χ3n) is 6.10. The lowest BCUT2D eigenvalue weighted by molar-refractivity contribution is -0.112. The molecule has 1 heterocycles. The van der Waals surface area contributed by atoms with Crippen molar-refractivity contribution in [2.45, 2.75) is 11.4 Å². The number of primary sulfonamides is 1. The van der Waals surface area contributed by atoms with E-state index in [1.807, 2.05) is 48.5 Å². The highest BCUT2D eigenvalue weighted by Crippen LogP contribution is 2.34. The lowest BCUT2D eigenvalue weighted by atomic mass is 10.0. The number of ether oxygens (including phenoxy) is 1. The van der Waals surface area contributed by atoms with Gasteiger partial charge in [0.2, 0.25) is 10.0 Å². The summed E-state index contributed by atoms with van der Waals surface area (Å²) in [7, 11) is -2.32. The first-order valence-corrected chi connectivity index (χ1v) is 13.4. The molecule has 1 aliphatic rings. The van der Waals surface area contributed by atoms with Gasteiger partial charge in [0.25, 0.3) is 5.91 Å². The van der Waals surface area contributed by atoms with Crippen molar-refractivity contribution in [3.05, 3.63) is 96.1 Å². The second-order valence-electron chi connectivity index (χ2n) is 8.51. The van der Waals surface area contributed by atoms with Crippen LogP contribution in [-0.4, -0.2) is 32.3 Å². The van der Waals surface area contributed by atoms with Crippen LogP contribution in [0.15, 0.2) is 94.9 Å². The molecule has 0 bridgehead atoms. The first kappa shape index (κ1) is 25.3. The highest BCUT2D eigenvalue weighted by atomic mass is 32.2. The average molecular weight is 546 g/mol. The Labute approximate surface area is 225 Å². The molecule has 0 aliphatic carbocycles. The molecule has 0 aromatic heterocycles. The van der Waals surface area contributed by atoms with E-state index in [0.29, 0.717) is 29.2 Å². The van der Waals surface area contributed by atoms with E-state index in [0.717, 1.165) is 16.3 Å². The van der Waals surface area contributed by atoms with Crippen molar-refractivity contribution in [3.63, 3.8) is 0 Å². The summed E-state index contributed by atoms with van der Waals surface area (Å²) in [5.41, 5.74) is 5.55. The van der Waals surface area contributed by atoms with Gasteiger partial charge in [0.15, 0.2) is 10.8 Å². The summed E-state index contributed by atoms with van der Waals surface area (Å²) < 4.78 is 28.6. The Kier molecular flexibility index (Phi) is 6.81. The van der Waals surface area contributed by atoms with Crippen molar-refractivity contribution in [2.24, 2.45) is 10.2 Å². The molecule has 0 atom stereocenters. The van der Waals surface area contributed by atoms with Crippen LogP contribution < -0.4 is 25.5 Å². The Bertz CT molecular complexity index is 1710. The van der Waals surface area contributed by atoms with E-state index < -0.39 is 10.0 Å². The van der Waals surface area contributed by atoms with Crippen molar-refractivity contribution in [2.75, 3.05) is 17.3 Å². The molecule has 11 heteroatoms. The summed E-state index contributed by atoms with van der Waals surface area (Å²) in [6, 6.07) is 25.3. The maximum Gasteiger partial charge on any atom is 0.279 e. The number of rotatable bonds is 6. The largest absolute Gasteiger partial charge is 0.497 e. The van der Waals surface area contributed by atoms with Crippen molar-refractivity contribution in [1.29, 1.82) is 0 Å². The van der Waals surface area contributed by atoms with Crippen LogP contribution in [0.25, 0.3) is 10.8 Å². The molecule has 0 saturated carbocycles. The summed E-state index contributed by atoms with van der Waals surface area (Å²) in [5.74, 6) is 0.282. The van der Waals surface area contributed by atoms with Crippen molar-refractivity contribution < 1.29 is 17.9 Å². The Morgan fingerprint density at radius 3 is 2.58 bits per heavy atom. The highest BCUT2D eigenvalue weighted by Gasteiger charge is 2.35.